The molecule has 1 aromatic carbocycles. The van der Waals surface area contributed by atoms with Gasteiger partial charge in [0.25, 0.3) is 0 Å². The summed E-state index contributed by atoms with van der Waals surface area (Å²) in [5, 5.41) is 21.1. The molecule has 3 rings (SSSR count). The first-order valence-corrected chi connectivity index (χ1v) is 7.41. The number of aliphatic hydroxyl groups is 1. The minimum absolute atomic E-state index is 0.0397. The third kappa shape index (κ3) is 2.52. The van der Waals surface area contributed by atoms with Gasteiger partial charge in [-0.3, -0.25) is 0 Å². The molecule has 2 aliphatic rings. The lowest BCUT2D eigenvalue weighted by molar-refractivity contribution is -0.268. The van der Waals surface area contributed by atoms with E-state index in [2.05, 4.69) is 18.2 Å². The van der Waals surface area contributed by atoms with Gasteiger partial charge < -0.3 is 19.9 Å². The molecule has 4 nitrogen and oxygen atoms in total. The van der Waals surface area contributed by atoms with Crippen molar-refractivity contribution in [2.75, 3.05) is 13.1 Å². The maximum atomic E-state index is 10.8. The minimum Gasteiger partial charge on any atom is -0.530 e. The molecular formula is C16H20NO3-. The molecule has 0 radical (unpaired) electrons. The lowest BCUT2D eigenvalue weighted by Crippen LogP contribution is -2.50. The second-order valence-corrected chi connectivity index (χ2v) is 5.91. The zero-order valence-corrected chi connectivity index (χ0v) is 11.5. The lowest BCUT2D eigenvalue weighted by Gasteiger charge is -2.37. The van der Waals surface area contributed by atoms with Gasteiger partial charge in [-0.25, -0.2) is 0 Å². The van der Waals surface area contributed by atoms with Gasteiger partial charge in [0, 0.05) is 19.0 Å². The van der Waals surface area contributed by atoms with Crippen molar-refractivity contribution in [2.24, 2.45) is 0 Å². The number of carboxylic acid groups (broad SMARTS) is 1. The van der Waals surface area contributed by atoms with E-state index in [-0.39, 0.29) is 12.5 Å². The molecule has 1 aliphatic carbocycles. The first-order valence-electron chi connectivity index (χ1n) is 7.41. The smallest absolute Gasteiger partial charge is 0.137 e. The molecule has 1 saturated heterocycles. The fourth-order valence-electron chi connectivity index (χ4n) is 3.47. The van der Waals surface area contributed by atoms with Crippen LogP contribution in [0.2, 0.25) is 0 Å². The Kier molecular flexibility index (Phi) is 3.66. The van der Waals surface area contributed by atoms with Crippen molar-refractivity contribution in [2.45, 2.75) is 44.1 Å². The molecule has 0 bridgehead atoms. The highest BCUT2D eigenvalue weighted by Crippen LogP contribution is 2.31. The van der Waals surface area contributed by atoms with Crippen molar-refractivity contribution in [3.8, 4) is 0 Å². The van der Waals surface area contributed by atoms with Crippen LogP contribution in [0.25, 0.3) is 0 Å². The van der Waals surface area contributed by atoms with E-state index in [1.807, 2.05) is 0 Å². The molecule has 0 saturated carbocycles. The molecule has 2 unspecified atom stereocenters. The SMILES string of the molecule is O=C([O-])N1CCC(c2ccc3c(c2)CCCC3)C(O)C1. The minimum atomic E-state index is -1.19. The number of benzene rings is 1. The molecule has 1 aliphatic heterocycles. The van der Waals surface area contributed by atoms with Crippen molar-refractivity contribution >= 4 is 6.09 Å². The Hall–Kier alpha value is -1.55. The first kappa shape index (κ1) is 13.4. The van der Waals surface area contributed by atoms with Gasteiger partial charge in [-0.05, 0) is 48.8 Å². The lowest BCUT2D eigenvalue weighted by atomic mass is 9.83. The highest BCUT2D eigenvalue weighted by atomic mass is 16.4. The van der Waals surface area contributed by atoms with Gasteiger partial charge in [-0.15, -0.1) is 0 Å². The third-order valence-corrected chi connectivity index (χ3v) is 4.64. The van der Waals surface area contributed by atoms with Crippen molar-refractivity contribution < 1.29 is 15.0 Å². The van der Waals surface area contributed by atoms with Crippen LogP contribution in [0.4, 0.5) is 4.79 Å². The van der Waals surface area contributed by atoms with E-state index in [0.29, 0.717) is 13.0 Å². The fourth-order valence-corrected chi connectivity index (χ4v) is 3.47. The largest absolute Gasteiger partial charge is 0.530 e. The summed E-state index contributed by atoms with van der Waals surface area (Å²) in [6, 6.07) is 6.51. The van der Waals surface area contributed by atoms with E-state index < -0.39 is 12.2 Å². The zero-order chi connectivity index (χ0) is 14.1. The van der Waals surface area contributed by atoms with Crippen LogP contribution in [-0.2, 0) is 12.8 Å². The van der Waals surface area contributed by atoms with E-state index in [9.17, 15) is 15.0 Å². The summed E-state index contributed by atoms with van der Waals surface area (Å²) >= 11 is 0. The summed E-state index contributed by atoms with van der Waals surface area (Å²) in [5.74, 6) is 0.0397. The highest BCUT2D eigenvalue weighted by Gasteiger charge is 2.29. The van der Waals surface area contributed by atoms with Gasteiger partial charge in [0.1, 0.15) is 6.09 Å². The molecule has 1 N–H and O–H groups in total. The molecule has 0 aromatic heterocycles. The molecule has 1 fully saturated rings. The molecule has 1 aromatic rings. The van der Waals surface area contributed by atoms with E-state index in [1.54, 1.807) is 0 Å². The summed E-state index contributed by atoms with van der Waals surface area (Å²) in [4.78, 5) is 12.0. The number of carbonyl (C=O) groups excluding carboxylic acids is 1. The Morgan fingerprint density at radius 1 is 1.25 bits per heavy atom. The van der Waals surface area contributed by atoms with Crippen LogP contribution >= 0.6 is 0 Å². The highest BCUT2D eigenvalue weighted by molar-refractivity contribution is 5.62. The summed E-state index contributed by atoms with van der Waals surface area (Å²) in [6.07, 6.45) is 3.62. The van der Waals surface area contributed by atoms with Gasteiger partial charge in [0.2, 0.25) is 0 Å². The molecule has 1 amide bonds. The molecule has 0 spiro atoms. The number of hydrogen-bond acceptors (Lipinski definition) is 3. The first-order chi connectivity index (χ1) is 9.65. The molecule has 20 heavy (non-hydrogen) atoms. The number of likely N-dealkylation sites (tertiary alicyclic amines) is 1. The van der Waals surface area contributed by atoms with E-state index in [0.717, 1.165) is 18.4 Å². The van der Waals surface area contributed by atoms with Gasteiger partial charge >= 0.3 is 0 Å². The topological polar surface area (TPSA) is 63.6 Å². The van der Waals surface area contributed by atoms with Crippen molar-refractivity contribution in [3.63, 3.8) is 0 Å². The number of piperidine rings is 1. The van der Waals surface area contributed by atoms with E-state index in [4.69, 9.17) is 0 Å². The third-order valence-electron chi connectivity index (χ3n) is 4.64. The van der Waals surface area contributed by atoms with Crippen molar-refractivity contribution in [1.82, 2.24) is 4.90 Å². The zero-order valence-electron chi connectivity index (χ0n) is 11.5. The average Bonchev–Trinajstić information content (AvgIpc) is 2.46. The Bertz CT molecular complexity index is 514. The number of hydrogen-bond donors (Lipinski definition) is 1. The monoisotopic (exact) mass is 274 g/mol. The van der Waals surface area contributed by atoms with E-state index >= 15 is 0 Å². The van der Waals surface area contributed by atoms with Crippen molar-refractivity contribution in [3.05, 3.63) is 34.9 Å². The molecule has 108 valence electrons. The second kappa shape index (κ2) is 5.44. The number of amides is 1. The standard InChI is InChI=1S/C16H21NO3/c18-15-10-17(16(19)20)8-7-14(15)13-6-5-11-3-1-2-4-12(11)9-13/h5-6,9,14-15,18H,1-4,7-8,10H2,(H,19,20)/p-1. The van der Waals surface area contributed by atoms with Gasteiger partial charge in [0.05, 0.1) is 6.10 Å². The summed E-state index contributed by atoms with van der Waals surface area (Å²) in [5.41, 5.74) is 3.99. The second-order valence-electron chi connectivity index (χ2n) is 5.91. The van der Waals surface area contributed by atoms with Crippen molar-refractivity contribution in [1.29, 1.82) is 0 Å². The number of fused-ring (bicyclic) bond motifs is 1. The van der Waals surface area contributed by atoms with Crippen LogP contribution in [0.3, 0.4) is 0 Å². The van der Waals surface area contributed by atoms with Crippen LogP contribution < -0.4 is 5.11 Å². The molecular weight excluding hydrogens is 254 g/mol. The quantitative estimate of drug-likeness (QED) is 0.833. The molecule has 2 atom stereocenters. The summed E-state index contributed by atoms with van der Waals surface area (Å²) in [7, 11) is 0. The predicted octanol–water partition coefficient (Wildman–Crippen LogP) is 1.06. The van der Waals surface area contributed by atoms with Crippen LogP contribution in [0.1, 0.15) is 41.9 Å². The summed E-state index contributed by atoms with van der Waals surface area (Å²) < 4.78 is 0. The number of aliphatic hydroxyl groups excluding tert-OH is 1. The molecule has 4 heteroatoms. The number of carbonyl (C=O) groups is 1. The fraction of sp³-hybridized carbons (Fsp3) is 0.562. The Labute approximate surface area is 119 Å². The summed E-state index contributed by atoms with van der Waals surface area (Å²) in [6.45, 7) is 0.602. The Morgan fingerprint density at radius 2 is 2.00 bits per heavy atom. The van der Waals surface area contributed by atoms with Crippen LogP contribution in [0.5, 0.6) is 0 Å². The number of nitrogens with zero attached hydrogens (tertiary/aromatic N) is 1. The Balaban J connectivity index is 1.78. The maximum absolute atomic E-state index is 10.8. The van der Waals surface area contributed by atoms with Crippen LogP contribution in [-0.4, -0.2) is 35.3 Å². The van der Waals surface area contributed by atoms with E-state index in [1.165, 1.54) is 28.9 Å². The predicted molar refractivity (Wildman–Crippen MR) is 73.4 cm³/mol. The van der Waals surface area contributed by atoms with Gasteiger partial charge in [-0.1, -0.05) is 18.2 Å². The van der Waals surface area contributed by atoms with Crippen LogP contribution in [0, 0.1) is 0 Å². The number of β-amino-alcohol motifs (C(OH)–C–C–N with tert-alkyl or cyclic N) is 1. The number of rotatable bonds is 1. The van der Waals surface area contributed by atoms with Gasteiger partial charge in [-0.2, -0.15) is 0 Å². The van der Waals surface area contributed by atoms with Crippen LogP contribution in [0.15, 0.2) is 18.2 Å². The average molecular weight is 274 g/mol. The maximum Gasteiger partial charge on any atom is 0.137 e. The normalized spacial score (nSPS) is 26.1. The molecule has 1 heterocycles. The Morgan fingerprint density at radius 3 is 2.70 bits per heavy atom. The van der Waals surface area contributed by atoms with Gasteiger partial charge in [0.15, 0.2) is 0 Å². The number of aryl methyl sites for hydroxylation is 2.